The van der Waals surface area contributed by atoms with Gasteiger partial charge in [-0.05, 0) is 18.2 Å². The Hall–Kier alpha value is -1.70. The molecule has 1 aromatic rings. The molecular weight excluding hydrogens is 176 g/mol. The maximum Gasteiger partial charge on any atom is 0.127 e. The van der Waals surface area contributed by atoms with Crippen LogP contribution in [0.15, 0.2) is 37.4 Å². The largest absolute Gasteiger partial charge is 0.497 e. The van der Waals surface area contributed by atoms with Crippen molar-refractivity contribution in [2.24, 2.45) is 0 Å². The van der Waals surface area contributed by atoms with Gasteiger partial charge in [0.1, 0.15) is 18.1 Å². The maximum absolute atomic E-state index is 5.43. The number of methoxy groups -OCH3 is 1. The zero-order chi connectivity index (χ0) is 10.4. The molecule has 74 valence electrons. The zero-order valence-electron chi connectivity index (χ0n) is 8.32. The molecule has 0 aliphatic heterocycles. The third-order valence-electron chi connectivity index (χ3n) is 1.79. The Morgan fingerprint density at radius 1 is 1.36 bits per heavy atom. The summed E-state index contributed by atoms with van der Waals surface area (Å²) in [6.45, 7) is 7.80. The van der Waals surface area contributed by atoms with Crippen LogP contribution in [-0.2, 0) is 0 Å². The second kappa shape index (κ2) is 5.12. The molecule has 1 rings (SSSR count). The third-order valence-corrected chi connectivity index (χ3v) is 1.79. The zero-order valence-corrected chi connectivity index (χ0v) is 8.32. The summed E-state index contributed by atoms with van der Waals surface area (Å²) in [6.07, 6.45) is 3.44. The second-order valence-corrected chi connectivity index (χ2v) is 2.71. The third kappa shape index (κ3) is 2.39. The molecule has 2 heteroatoms. The first-order valence-corrected chi connectivity index (χ1v) is 4.36. The Morgan fingerprint density at radius 2 is 2.14 bits per heavy atom. The Kier molecular flexibility index (Phi) is 3.80. The van der Waals surface area contributed by atoms with Crippen molar-refractivity contribution in [2.75, 3.05) is 13.7 Å². The minimum Gasteiger partial charge on any atom is -0.497 e. The van der Waals surface area contributed by atoms with Gasteiger partial charge in [0.15, 0.2) is 0 Å². The van der Waals surface area contributed by atoms with Crippen LogP contribution < -0.4 is 9.47 Å². The summed E-state index contributed by atoms with van der Waals surface area (Å²) in [5.74, 6) is 1.59. The van der Waals surface area contributed by atoms with Crippen molar-refractivity contribution in [1.82, 2.24) is 0 Å². The fraction of sp³-hybridized carbons (Fsp3) is 0.167. The van der Waals surface area contributed by atoms with Crippen LogP contribution >= 0.6 is 0 Å². The van der Waals surface area contributed by atoms with Crippen molar-refractivity contribution in [3.63, 3.8) is 0 Å². The van der Waals surface area contributed by atoms with Gasteiger partial charge in [0.05, 0.1) is 7.11 Å². The average molecular weight is 190 g/mol. The minimum atomic E-state index is 0.493. The number of ether oxygens (including phenoxy) is 2. The highest BCUT2D eigenvalue weighted by Crippen LogP contribution is 2.24. The first kappa shape index (κ1) is 10.4. The monoisotopic (exact) mass is 190 g/mol. The van der Waals surface area contributed by atoms with Crippen molar-refractivity contribution in [1.29, 1.82) is 0 Å². The summed E-state index contributed by atoms with van der Waals surface area (Å²) < 4.78 is 10.5. The SMILES string of the molecule is C=CCOc1ccc(OC)cc1C=C. The number of hydrogen-bond acceptors (Lipinski definition) is 2. The molecule has 0 saturated carbocycles. The summed E-state index contributed by atoms with van der Waals surface area (Å²) in [7, 11) is 1.63. The number of hydrogen-bond donors (Lipinski definition) is 0. The maximum atomic E-state index is 5.43. The van der Waals surface area contributed by atoms with Crippen molar-refractivity contribution in [3.8, 4) is 11.5 Å². The van der Waals surface area contributed by atoms with E-state index in [-0.39, 0.29) is 0 Å². The van der Waals surface area contributed by atoms with E-state index in [0.29, 0.717) is 6.61 Å². The predicted molar refractivity (Wildman–Crippen MR) is 58.8 cm³/mol. The summed E-state index contributed by atoms with van der Waals surface area (Å²) in [4.78, 5) is 0. The van der Waals surface area contributed by atoms with Gasteiger partial charge >= 0.3 is 0 Å². The van der Waals surface area contributed by atoms with Crippen LogP contribution in [0.25, 0.3) is 6.08 Å². The number of benzene rings is 1. The highest BCUT2D eigenvalue weighted by Gasteiger charge is 2.01. The molecule has 2 nitrogen and oxygen atoms in total. The quantitative estimate of drug-likeness (QED) is 0.665. The van der Waals surface area contributed by atoms with Crippen LogP contribution in [0.3, 0.4) is 0 Å². The normalized spacial score (nSPS) is 9.21. The topological polar surface area (TPSA) is 18.5 Å². The lowest BCUT2D eigenvalue weighted by atomic mass is 10.2. The van der Waals surface area contributed by atoms with E-state index in [1.54, 1.807) is 19.3 Å². The summed E-state index contributed by atoms with van der Waals surface area (Å²) >= 11 is 0. The Labute approximate surface area is 84.5 Å². The fourth-order valence-corrected chi connectivity index (χ4v) is 1.09. The Morgan fingerprint density at radius 3 is 2.71 bits per heavy atom. The first-order valence-electron chi connectivity index (χ1n) is 4.36. The van der Waals surface area contributed by atoms with Crippen molar-refractivity contribution >= 4 is 6.08 Å². The molecule has 0 radical (unpaired) electrons. The average Bonchev–Trinajstić information content (AvgIpc) is 2.26. The van der Waals surface area contributed by atoms with Crippen LogP contribution in [0.1, 0.15) is 5.56 Å². The molecule has 0 N–H and O–H groups in total. The summed E-state index contributed by atoms with van der Waals surface area (Å²) in [5, 5.41) is 0. The van der Waals surface area contributed by atoms with E-state index in [9.17, 15) is 0 Å². The molecule has 0 unspecified atom stereocenters. The minimum absolute atomic E-state index is 0.493. The molecule has 0 amide bonds. The molecule has 0 bridgehead atoms. The highest BCUT2D eigenvalue weighted by atomic mass is 16.5. The molecule has 0 fully saturated rings. The molecule has 14 heavy (non-hydrogen) atoms. The molecule has 1 aromatic carbocycles. The van der Waals surface area contributed by atoms with Gasteiger partial charge in [0.2, 0.25) is 0 Å². The molecule has 0 aliphatic rings. The smallest absolute Gasteiger partial charge is 0.127 e. The highest BCUT2D eigenvalue weighted by molar-refractivity contribution is 5.58. The fourth-order valence-electron chi connectivity index (χ4n) is 1.09. The van der Waals surface area contributed by atoms with Crippen LogP contribution in [0, 0.1) is 0 Å². The van der Waals surface area contributed by atoms with Gasteiger partial charge in [-0.15, -0.1) is 0 Å². The van der Waals surface area contributed by atoms with Gasteiger partial charge in [-0.3, -0.25) is 0 Å². The van der Waals surface area contributed by atoms with Crippen molar-refractivity contribution in [3.05, 3.63) is 43.0 Å². The Bertz CT molecular complexity index is 329. The standard InChI is InChI=1S/C12H14O2/c1-4-8-14-12-7-6-11(13-3)9-10(12)5-2/h4-7,9H,1-2,8H2,3H3. The van der Waals surface area contributed by atoms with E-state index in [0.717, 1.165) is 17.1 Å². The Balaban J connectivity index is 2.92. The molecule has 0 spiro atoms. The van der Waals surface area contributed by atoms with Crippen LogP contribution in [0.5, 0.6) is 11.5 Å². The van der Waals surface area contributed by atoms with E-state index in [1.807, 2.05) is 18.2 Å². The van der Waals surface area contributed by atoms with Gasteiger partial charge < -0.3 is 9.47 Å². The van der Waals surface area contributed by atoms with Gasteiger partial charge in [0.25, 0.3) is 0 Å². The number of rotatable bonds is 5. The van der Waals surface area contributed by atoms with Gasteiger partial charge in [-0.1, -0.05) is 25.3 Å². The summed E-state index contributed by atoms with van der Waals surface area (Å²) in [6, 6.07) is 5.59. The molecular formula is C12H14O2. The lowest BCUT2D eigenvalue weighted by Crippen LogP contribution is -1.95. The van der Waals surface area contributed by atoms with Gasteiger partial charge in [-0.2, -0.15) is 0 Å². The van der Waals surface area contributed by atoms with E-state index in [4.69, 9.17) is 9.47 Å². The van der Waals surface area contributed by atoms with E-state index >= 15 is 0 Å². The molecule has 0 heterocycles. The molecule has 0 aromatic heterocycles. The second-order valence-electron chi connectivity index (χ2n) is 2.71. The molecule has 0 saturated heterocycles. The lowest BCUT2D eigenvalue weighted by Gasteiger charge is -2.08. The van der Waals surface area contributed by atoms with Crippen LogP contribution in [-0.4, -0.2) is 13.7 Å². The molecule has 0 atom stereocenters. The van der Waals surface area contributed by atoms with Gasteiger partial charge in [-0.25, -0.2) is 0 Å². The van der Waals surface area contributed by atoms with Crippen molar-refractivity contribution in [2.45, 2.75) is 0 Å². The summed E-state index contributed by atoms with van der Waals surface area (Å²) in [5.41, 5.74) is 0.922. The van der Waals surface area contributed by atoms with Crippen LogP contribution in [0.2, 0.25) is 0 Å². The van der Waals surface area contributed by atoms with Gasteiger partial charge in [0, 0.05) is 5.56 Å². The van der Waals surface area contributed by atoms with E-state index in [1.165, 1.54) is 0 Å². The molecule has 0 aliphatic carbocycles. The van der Waals surface area contributed by atoms with E-state index in [2.05, 4.69) is 13.2 Å². The van der Waals surface area contributed by atoms with E-state index < -0.39 is 0 Å². The first-order chi connectivity index (χ1) is 6.81. The lowest BCUT2D eigenvalue weighted by molar-refractivity contribution is 0.360. The van der Waals surface area contributed by atoms with Crippen molar-refractivity contribution < 1.29 is 9.47 Å². The van der Waals surface area contributed by atoms with Crippen LogP contribution in [0.4, 0.5) is 0 Å². The predicted octanol–water partition coefficient (Wildman–Crippen LogP) is 2.90.